The summed E-state index contributed by atoms with van der Waals surface area (Å²) in [5, 5.41) is 3.38. The lowest BCUT2D eigenvalue weighted by Gasteiger charge is -2.34. The first-order chi connectivity index (χ1) is 18.9. The van der Waals surface area contributed by atoms with Gasteiger partial charge in [-0.1, -0.05) is 84.8 Å². The van der Waals surface area contributed by atoms with Crippen LogP contribution in [-0.2, 0) is 32.6 Å². The van der Waals surface area contributed by atoms with Crippen molar-refractivity contribution in [2.45, 2.75) is 59.2 Å². The number of anilines is 1. The molecule has 2 unspecified atom stereocenters. The van der Waals surface area contributed by atoms with Crippen LogP contribution in [-0.4, -0.2) is 50.0 Å². The molecule has 0 saturated carbocycles. The summed E-state index contributed by atoms with van der Waals surface area (Å²) in [6.45, 7) is 7.28. The molecule has 0 aliphatic heterocycles. The lowest BCUT2D eigenvalue weighted by atomic mass is 10.0. The predicted molar refractivity (Wildman–Crippen MR) is 162 cm³/mol. The fraction of sp³-hybridized carbons (Fsp3) is 0.355. The Kier molecular flexibility index (Phi) is 10.8. The third-order valence-corrected chi connectivity index (χ3v) is 8.23. The summed E-state index contributed by atoms with van der Waals surface area (Å²) in [7, 11) is -3.87. The van der Waals surface area contributed by atoms with E-state index in [-0.39, 0.29) is 24.9 Å². The Morgan fingerprint density at radius 2 is 1.60 bits per heavy atom. The summed E-state index contributed by atoms with van der Waals surface area (Å²) in [6.07, 6.45) is 2.06. The van der Waals surface area contributed by atoms with E-state index in [0.29, 0.717) is 16.3 Å². The molecule has 0 aliphatic carbocycles. The normalized spacial score (nSPS) is 12.8. The molecule has 2 atom stereocenters. The van der Waals surface area contributed by atoms with Crippen molar-refractivity contribution in [1.29, 1.82) is 0 Å². The van der Waals surface area contributed by atoms with Gasteiger partial charge in [-0.05, 0) is 56.0 Å². The van der Waals surface area contributed by atoms with E-state index in [1.54, 1.807) is 19.1 Å². The second-order valence-electron chi connectivity index (χ2n) is 10.2. The van der Waals surface area contributed by atoms with Crippen molar-refractivity contribution >= 4 is 39.1 Å². The number of amides is 2. The number of carbonyl (C=O) groups excluding carboxylic acids is 2. The van der Waals surface area contributed by atoms with Crippen molar-refractivity contribution in [2.24, 2.45) is 0 Å². The summed E-state index contributed by atoms with van der Waals surface area (Å²) in [5.74, 6) is -0.783. The molecule has 214 valence electrons. The number of aryl methyl sites for hydroxylation is 2. The molecule has 0 fully saturated rings. The zero-order valence-electron chi connectivity index (χ0n) is 23.7. The Morgan fingerprint density at radius 3 is 2.20 bits per heavy atom. The van der Waals surface area contributed by atoms with Crippen LogP contribution in [0.25, 0.3) is 0 Å². The van der Waals surface area contributed by atoms with Crippen molar-refractivity contribution < 1.29 is 18.0 Å². The minimum Gasteiger partial charge on any atom is -0.352 e. The van der Waals surface area contributed by atoms with Gasteiger partial charge in [-0.25, -0.2) is 8.42 Å². The molecule has 0 aliphatic rings. The van der Waals surface area contributed by atoms with Gasteiger partial charge in [0.2, 0.25) is 21.8 Å². The molecule has 3 aromatic carbocycles. The SMILES string of the molecule is CCC(C)NC(=O)C(Cc1ccccc1)N(Cc1ccc(C)cc1)C(=O)CN(c1cc(Cl)ccc1C)S(C)(=O)=O. The largest absolute Gasteiger partial charge is 0.352 e. The monoisotopic (exact) mass is 583 g/mol. The summed E-state index contributed by atoms with van der Waals surface area (Å²) >= 11 is 6.20. The predicted octanol–water partition coefficient (Wildman–Crippen LogP) is 5.28. The van der Waals surface area contributed by atoms with Gasteiger partial charge in [-0.3, -0.25) is 13.9 Å². The highest BCUT2D eigenvalue weighted by atomic mass is 35.5. The Labute approximate surface area is 243 Å². The van der Waals surface area contributed by atoms with E-state index < -0.39 is 28.5 Å². The highest BCUT2D eigenvalue weighted by molar-refractivity contribution is 7.92. The molecule has 2 amide bonds. The standard InChI is InChI=1S/C31H38ClN3O4S/c1-6-24(4)33-31(37)29(18-25-10-8-7-9-11-25)34(20-26-15-12-22(2)13-16-26)30(36)21-35(40(5,38)39)28-19-27(32)17-14-23(28)3/h7-17,19,24,29H,6,18,20-21H2,1-5H3,(H,33,37). The Balaban J connectivity index is 2.08. The van der Waals surface area contributed by atoms with Crippen molar-refractivity contribution in [1.82, 2.24) is 10.2 Å². The maximum absolute atomic E-state index is 14.1. The lowest BCUT2D eigenvalue weighted by Crippen LogP contribution is -2.54. The van der Waals surface area contributed by atoms with Gasteiger partial charge >= 0.3 is 0 Å². The zero-order valence-corrected chi connectivity index (χ0v) is 25.3. The Hall–Kier alpha value is -3.36. The second-order valence-corrected chi connectivity index (χ2v) is 12.6. The van der Waals surface area contributed by atoms with Crippen molar-refractivity contribution in [3.63, 3.8) is 0 Å². The number of rotatable bonds is 12. The van der Waals surface area contributed by atoms with Gasteiger partial charge in [0.1, 0.15) is 12.6 Å². The third-order valence-electron chi connectivity index (χ3n) is 6.86. The van der Waals surface area contributed by atoms with Crippen LogP contribution in [0.4, 0.5) is 5.69 Å². The maximum atomic E-state index is 14.1. The highest BCUT2D eigenvalue weighted by Gasteiger charge is 2.33. The average Bonchev–Trinajstić information content (AvgIpc) is 2.91. The van der Waals surface area contributed by atoms with Crippen molar-refractivity contribution in [3.8, 4) is 0 Å². The topological polar surface area (TPSA) is 86.8 Å². The highest BCUT2D eigenvalue weighted by Crippen LogP contribution is 2.27. The van der Waals surface area contributed by atoms with Crippen molar-refractivity contribution in [3.05, 3.63) is 100 Å². The van der Waals surface area contributed by atoms with E-state index in [0.717, 1.165) is 33.7 Å². The number of hydrogen-bond acceptors (Lipinski definition) is 4. The molecule has 7 nitrogen and oxygen atoms in total. The maximum Gasteiger partial charge on any atom is 0.244 e. The van der Waals surface area contributed by atoms with Crippen LogP contribution in [0.3, 0.4) is 0 Å². The van der Waals surface area contributed by atoms with Gasteiger partial charge in [0.15, 0.2) is 0 Å². The first-order valence-corrected chi connectivity index (χ1v) is 15.5. The summed E-state index contributed by atoms with van der Waals surface area (Å²) in [5.41, 5.74) is 3.76. The van der Waals surface area contributed by atoms with Crippen LogP contribution in [0.1, 0.15) is 42.5 Å². The number of nitrogens with zero attached hydrogens (tertiary/aromatic N) is 2. The van der Waals surface area contributed by atoms with Gasteiger partial charge in [-0.2, -0.15) is 0 Å². The van der Waals surface area contributed by atoms with E-state index in [4.69, 9.17) is 11.6 Å². The fourth-order valence-corrected chi connectivity index (χ4v) is 5.40. The van der Waals surface area contributed by atoms with Gasteiger partial charge in [0.05, 0.1) is 11.9 Å². The summed E-state index contributed by atoms with van der Waals surface area (Å²) in [6, 6.07) is 21.2. The Morgan fingerprint density at radius 1 is 0.950 bits per heavy atom. The van der Waals surface area contributed by atoms with Crippen LogP contribution in [0.2, 0.25) is 5.02 Å². The molecule has 3 aromatic rings. The van der Waals surface area contributed by atoms with Crippen molar-refractivity contribution in [2.75, 3.05) is 17.1 Å². The fourth-order valence-electron chi connectivity index (χ4n) is 4.33. The molecule has 0 heterocycles. The molecule has 0 aromatic heterocycles. The number of hydrogen-bond donors (Lipinski definition) is 1. The number of benzene rings is 3. The number of halogens is 1. The molecular weight excluding hydrogens is 546 g/mol. The molecule has 40 heavy (non-hydrogen) atoms. The molecule has 0 radical (unpaired) electrons. The van der Waals surface area contributed by atoms with Gasteiger partial charge in [0.25, 0.3) is 0 Å². The lowest BCUT2D eigenvalue weighted by molar-refractivity contribution is -0.140. The van der Waals surface area contributed by atoms with Crippen LogP contribution in [0.15, 0.2) is 72.8 Å². The van der Waals surface area contributed by atoms with E-state index in [1.807, 2.05) is 75.4 Å². The van der Waals surface area contributed by atoms with E-state index in [2.05, 4.69) is 5.32 Å². The first kappa shape index (κ1) is 31.2. The smallest absolute Gasteiger partial charge is 0.244 e. The van der Waals surface area contributed by atoms with E-state index in [1.165, 1.54) is 11.0 Å². The Bertz CT molecular complexity index is 1410. The first-order valence-electron chi connectivity index (χ1n) is 13.3. The van der Waals surface area contributed by atoms with Crippen LogP contribution in [0.5, 0.6) is 0 Å². The van der Waals surface area contributed by atoms with Crippen LogP contribution < -0.4 is 9.62 Å². The van der Waals surface area contributed by atoms with Gasteiger partial charge < -0.3 is 10.2 Å². The quantitative estimate of drug-likeness (QED) is 0.314. The van der Waals surface area contributed by atoms with Gasteiger partial charge in [0, 0.05) is 24.0 Å². The number of nitrogens with one attached hydrogen (secondary N) is 1. The molecule has 0 spiro atoms. The molecule has 0 saturated heterocycles. The zero-order chi connectivity index (χ0) is 29.4. The summed E-state index contributed by atoms with van der Waals surface area (Å²) < 4.78 is 27.0. The molecule has 9 heteroatoms. The van der Waals surface area contributed by atoms with E-state index >= 15 is 0 Å². The average molecular weight is 584 g/mol. The number of carbonyl (C=O) groups is 2. The minimum absolute atomic E-state index is 0.0938. The molecule has 1 N–H and O–H groups in total. The van der Waals surface area contributed by atoms with E-state index in [9.17, 15) is 18.0 Å². The van der Waals surface area contributed by atoms with Crippen LogP contribution >= 0.6 is 11.6 Å². The molecule has 0 bridgehead atoms. The molecular formula is C31H38ClN3O4S. The minimum atomic E-state index is -3.87. The molecule has 3 rings (SSSR count). The second kappa shape index (κ2) is 13.8. The van der Waals surface area contributed by atoms with Crippen LogP contribution in [0, 0.1) is 13.8 Å². The van der Waals surface area contributed by atoms with Gasteiger partial charge in [-0.15, -0.1) is 0 Å². The number of sulfonamides is 1. The third kappa shape index (κ3) is 8.57. The summed E-state index contributed by atoms with van der Waals surface area (Å²) in [4.78, 5) is 29.3.